The van der Waals surface area contributed by atoms with Gasteiger partial charge < -0.3 is 10.0 Å². The quantitative estimate of drug-likeness (QED) is 0.884. The molecule has 0 spiro atoms. The Morgan fingerprint density at radius 2 is 2.46 bits per heavy atom. The maximum Gasteiger partial charge on any atom is 0.186 e. The van der Waals surface area contributed by atoms with E-state index in [0.29, 0.717) is 13.1 Å². The molecule has 0 bridgehead atoms. The van der Waals surface area contributed by atoms with E-state index in [-0.39, 0.29) is 0 Å². The van der Waals surface area contributed by atoms with Gasteiger partial charge in [-0.3, -0.25) is 0 Å². The van der Waals surface area contributed by atoms with Crippen molar-refractivity contribution in [2.45, 2.75) is 18.9 Å². The topological polar surface area (TPSA) is 36.4 Å². The molecule has 3 nitrogen and oxygen atoms in total. The molecule has 0 radical (unpaired) electrons. The van der Waals surface area contributed by atoms with Crippen molar-refractivity contribution < 1.29 is 5.11 Å². The van der Waals surface area contributed by atoms with Crippen LogP contribution < -0.4 is 4.90 Å². The van der Waals surface area contributed by atoms with E-state index < -0.39 is 5.60 Å². The highest BCUT2D eigenvalue weighted by atomic mass is 79.9. The maximum absolute atomic E-state index is 9.78. The number of thiazole rings is 1. The van der Waals surface area contributed by atoms with Crippen molar-refractivity contribution in [3.05, 3.63) is 9.98 Å². The standard InChI is InChI=1S/C8H11BrN2OS/c1-2-8(12)4-11(5-8)7-10-6(9)3-13-7/h3,12H,2,4-5H2,1H3. The summed E-state index contributed by atoms with van der Waals surface area (Å²) in [5.74, 6) is 0. The first-order valence-corrected chi connectivity index (χ1v) is 5.88. The van der Waals surface area contributed by atoms with Crippen LogP contribution in [0.1, 0.15) is 13.3 Å². The third kappa shape index (κ3) is 1.73. The summed E-state index contributed by atoms with van der Waals surface area (Å²) in [6.45, 7) is 3.43. The van der Waals surface area contributed by atoms with Crippen molar-refractivity contribution in [2.24, 2.45) is 0 Å². The summed E-state index contributed by atoms with van der Waals surface area (Å²) < 4.78 is 0.874. The third-order valence-corrected chi connectivity index (χ3v) is 3.97. The monoisotopic (exact) mass is 262 g/mol. The molecule has 0 amide bonds. The molecule has 1 fully saturated rings. The first-order valence-electron chi connectivity index (χ1n) is 4.21. The first-order chi connectivity index (χ1) is 6.13. The summed E-state index contributed by atoms with van der Waals surface area (Å²) in [5, 5.41) is 12.7. The fourth-order valence-electron chi connectivity index (χ4n) is 1.41. The number of aliphatic hydroxyl groups is 1. The second-order valence-electron chi connectivity index (χ2n) is 3.39. The molecule has 1 aliphatic rings. The Morgan fingerprint density at radius 3 is 2.92 bits per heavy atom. The number of nitrogens with zero attached hydrogens (tertiary/aromatic N) is 2. The molecular formula is C8H11BrN2OS. The fourth-order valence-corrected chi connectivity index (χ4v) is 2.66. The highest BCUT2D eigenvalue weighted by Gasteiger charge is 2.40. The summed E-state index contributed by atoms with van der Waals surface area (Å²) >= 11 is 4.91. The Morgan fingerprint density at radius 1 is 1.77 bits per heavy atom. The fraction of sp³-hybridized carbons (Fsp3) is 0.625. The molecule has 1 aromatic rings. The maximum atomic E-state index is 9.78. The molecule has 0 aromatic carbocycles. The molecule has 1 saturated heterocycles. The van der Waals surface area contributed by atoms with Crippen LogP contribution in [0.5, 0.6) is 0 Å². The Kier molecular flexibility index (Phi) is 2.33. The van der Waals surface area contributed by atoms with Crippen LogP contribution in [0.2, 0.25) is 0 Å². The van der Waals surface area contributed by atoms with Crippen molar-refractivity contribution in [1.29, 1.82) is 0 Å². The van der Waals surface area contributed by atoms with E-state index in [0.717, 1.165) is 16.2 Å². The lowest BCUT2D eigenvalue weighted by Crippen LogP contribution is -2.61. The minimum Gasteiger partial charge on any atom is -0.386 e. The predicted molar refractivity (Wildman–Crippen MR) is 57.3 cm³/mol. The zero-order valence-electron chi connectivity index (χ0n) is 7.33. The predicted octanol–water partition coefficient (Wildman–Crippen LogP) is 1.87. The largest absolute Gasteiger partial charge is 0.386 e. The van der Waals surface area contributed by atoms with Crippen LogP contribution in [0.25, 0.3) is 0 Å². The summed E-state index contributed by atoms with van der Waals surface area (Å²) in [6.07, 6.45) is 0.816. The lowest BCUT2D eigenvalue weighted by molar-refractivity contribution is 0.00850. The van der Waals surface area contributed by atoms with Gasteiger partial charge in [-0.15, -0.1) is 11.3 Å². The number of hydrogen-bond donors (Lipinski definition) is 1. The molecule has 72 valence electrons. The van der Waals surface area contributed by atoms with Crippen molar-refractivity contribution in [1.82, 2.24) is 4.98 Å². The van der Waals surface area contributed by atoms with Crippen LogP contribution in [0, 0.1) is 0 Å². The second kappa shape index (κ2) is 3.22. The Bertz CT molecular complexity index is 309. The molecular weight excluding hydrogens is 252 g/mol. The average molecular weight is 263 g/mol. The van der Waals surface area contributed by atoms with Gasteiger partial charge in [-0.25, -0.2) is 4.98 Å². The Balaban J connectivity index is 2.01. The van der Waals surface area contributed by atoms with Gasteiger partial charge in [0, 0.05) is 5.38 Å². The summed E-state index contributed by atoms with van der Waals surface area (Å²) in [6, 6.07) is 0. The van der Waals surface area contributed by atoms with Crippen LogP contribution >= 0.6 is 27.3 Å². The highest BCUT2D eigenvalue weighted by molar-refractivity contribution is 9.10. The van der Waals surface area contributed by atoms with Gasteiger partial charge in [-0.2, -0.15) is 0 Å². The Hall–Kier alpha value is -0.130. The van der Waals surface area contributed by atoms with E-state index in [9.17, 15) is 5.11 Å². The molecule has 0 unspecified atom stereocenters. The normalized spacial score (nSPS) is 20.1. The molecule has 5 heteroatoms. The lowest BCUT2D eigenvalue weighted by Gasteiger charge is -2.45. The number of β-amino-alcohol motifs (C(OH)–C–C–N with tert-alkyl or cyclic N) is 1. The van der Waals surface area contributed by atoms with Crippen LogP contribution in [0.4, 0.5) is 5.13 Å². The van der Waals surface area contributed by atoms with Gasteiger partial charge in [-0.05, 0) is 22.4 Å². The number of halogens is 1. The number of anilines is 1. The molecule has 1 aromatic heterocycles. The SMILES string of the molecule is CCC1(O)CN(c2nc(Br)cs2)C1. The van der Waals surface area contributed by atoms with E-state index >= 15 is 0 Å². The number of rotatable bonds is 2. The Labute approximate surface area is 89.5 Å². The second-order valence-corrected chi connectivity index (χ2v) is 5.04. The smallest absolute Gasteiger partial charge is 0.186 e. The molecule has 1 aliphatic heterocycles. The number of aromatic nitrogens is 1. The van der Waals surface area contributed by atoms with Gasteiger partial charge in [0.1, 0.15) is 4.60 Å². The van der Waals surface area contributed by atoms with E-state index in [1.807, 2.05) is 12.3 Å². The van der Waals surface area contributed by atoms with Gasteiger partial charge in [0.2, 0.25) is 0 Å². The van der Waals surface area contributed by atoms with Gasteiger partial charge >= 0.3 is 0 Å². The van der Waals surface area contributed by atoms with Gasteiger partial charge in [0.25, 0.3) is 0 Å². The highest BCUT2D eigenvalue weighted by Crippen LogP contribution is 2.32. The van der Waals surface area contributed by atoms with Crippen LogP contribution in [0.15, 0.2) is 9.98 Å². The molecule has 13 heavy (non-hydrogen) atoms. The lowest BCUT2D eigenvalue weighted by atomic mass is 9.92. The molecule has 1 N–H and O–H groups in total. The molecule has 2 rings (SSSR count). The van der Waals surface area contributed by atoms with E-state index in [4.69, 9.17) is 0 Å². The van der Waals surface area contributed by atoms with Gasteiger partial charge in [0.15, 0.2) is 5.13 Å². The zero-order valence-corrected chi connectivity index (χ0v) is 9.73. The van der Waals surface area contributed by atoms with E-state index in [1.54, 1.807) is 11.3 Å². The number of hydrogen-bond acceptors (Lipinski definition) is 4. The van der Waals surface area contributed by atoms with E-state index in [1.165, 1.54) is 0 Å². The first kappa shape index (κ1) is 9.43. The summed E-state index contributed by atoms with van der Waals surface area (Å²) in [5.41, 5.74) is -0.474. The summed E-state index contributed by atoms with van der Waals surface area (Å²) in [7, 11) is 0. The minimum atomic E-state index is -0.474. The van der Waals surface area contributed by atoms with Crippen molar-refractivity contribution in [3.63, 3.8) is 0 Å². The molecule has 0 atom stereocenters. The van der Waals surface area contributed by atoms with Crippen molar-refractivity contribution >= 4 is 32.4 Å². The van der Waals surface area contributed by atoms with Gasteiger partial charge in [-0.1, -0.05) is 6.92 Å². The molecule has 0 aliphatic carbocycles. The van der Waals surface area contributed by atoms with E-state index in [2.05, 4.69) is 25.8 Å². The zero-order chi connectivity index (χ0) is 9.47. The van der Waals surface area contributed by atoms with Crippen LogP contribution in [-0.2, 0) is 0 Å². The molecule has 0 saturated carbocycles. The third-order valence-electron chi connectivity index (χ3n) is 2.36. The van der Waals surface area contributed by atoms with Crippen LogP contribution in [-0.4, -0.2) is 28.8 Å². The minimum absolute atomic E-state index is 0.474. The molecule has 2 heterocycles. The van der Waals surface area contributed by atoms with Crippen molar-refractivity contribution in [2.75, 3.05) is 18.0 Å². The average Bonchev–Trinajstić information content (AvgIpc) is 2.46. The van der Waals surface area contributed by atoms with Crippen molar-refractivity contribution in [3.8, 4) is 0 Å². The van der Waals surface area contributed by atoms with Gasteiger partial charge in [0.05, 0.1) is 18.7 Å². The summed E-state index contributed by atoms with van der Waals surface area (Å²) in [4.78, 5) is 6.38. The van der Waals surface area contributed by atoms with Crippen LogP contribution in [0.3, 0.4) is 0 Å².